The number of nitrogens with zero attached hydrogens (tertiary/aromatic N) is 3. The Balaban J connectivity index is 1.69. The van der Waals surface area contributed by atoms with E-state index in [4.69, 9.17) is 0 Å². The molecular weight excluding hydrogens is 393 g/mol. The highest BCUT2D eigenvalue weighted by Crippen LogP contribution is 2.26. The van der Waals surface area contributed by atoms with E-state index in [1.54, 1.807) is 21.9 Å². The quantitative estimate of drug-likeness (QED) is 0.577. The summed E-state index contributed by atoms with van der Waals surface area (Å²) in [4.78, 5) is 26.2. The molecule has 1 aliphatic heterocycles. The van der Waals surface area contributed by atoms with E-state index in [1.165, 1.54) is 12.1 Å². The smallest absolute Gasteiger partial charge is 0.272 e. The summed E-state index contributed by atoms with van der Waals surface area (Å²) >= 11 is 3.38. The van der Waals surface area contributed by atoms with Gasteiger partial charge in [0.1, 0.15) is 0 Å². The van der Waals surface area contributed by atoms with Gasteiger partial charge in [0, 0.05) is 36.7 Å². The van der Waals surface area contributed by atoms with Gasteiger partial charge in [-0.05, 0) is 34.1 Å². The Labute approximate surface area is 152 Å². The molecule has 130 valence electrons. The zero-order chi connectivity index (χ0) is 18.0. The van der Waals surface area contributed by atoms with E-state index in [-0.39, 0.29) is 11.6 Å². The van der Waals surface area contributed by atoms with Gasteiger partial charge in [-0.2, -0.15) is 0 Å². The second kappa shape index (κ2) is 7.18. The number of carbonyl (C=O) groups excluding carboxylic acids is 1. The number of nitro groups is 1. The fraction of sp³-hybridized carbons (Fsp3) is 0.235. The zero-order valence-electron chi connectivity index (χ0n) is 13.2. The lowest BCUT2D eigenvalue weighted by atomic mass is 10.1. The monoisotopic (exact) mass is 407 g/mol. The molecule has 0 atom stereocenters. The number of amides is 1. The fourth-order valence-electron chi connectivity index (χ4n) is 2.82. The first-order valence-corrected chi connectivity index (χ1v) is 8.49. The van der Waals surface area contributed by atoms with Gasteiger partial charge in [-0.3, -0.25) is 14.9 Å². The van der Waals surface area contributed by atoms with Crippen molar-refractivity contribution in [1.82, 2.24) is 4.90 Å². The maximum Gasteiger partial charge on any atom is 0.272 e. The summed E-state index contributed by atoms with van der Waals surface area (Å²) in [7, 11) is 0. The highest BCUT2D eigenvalue weighted by molar-refractivity contribution is 9.10. The van der Waals surface area contributed by atoms with E-state index in [9.17, 15) is 19.3 Å². The van der Waals surface area contributed by atoms with E-state index < -0.39 is 10.7 Å². The van der Waals surface area contributed by atoms with Gasteiger partial charge in [0.2, 0.25) is 0 Å². The highest BCUT2D eigenvalue weighted by Gasteiger charge is 2.25. The van der Waals surface area contributed by atoms with Crippen LogP contribution in [0.3, 0.4) is 0 Å². The number of anilines is 1. The lowest BCUT2D eigenvalue weighted by Crippen LogP contribution is -2.49. The van der Waals surface area contributed by atoms with Crippen LogP contribution in [-0.2, 0) is 0 Å². The summed E-state index contributed by atoms with van der Waals surface area (Å²) in [5.74, 6) is -0.698. The number of piperazine rings is 1. The largest absolute Gasteiger partial charge is 0.366 e. The van der Waals surface area contributed by atoms with Crippen molar-refractivity contribution in [3.8, 4) is 0 Å². The van der Waals surface area contributed by atoms with Crippen LogP contribution in [0.1, 0.15) is 10.4 Å². The molecule has 1 saturated heterocycles. The van der Waals surface area contributed by atoms with Crippen molar-refractivity contribution in [2.75, 3.05) is 31.1 Å². The maximum absolute atomic E-state index is 14.1. The molecule has 1 fully saturated rings. The minimum absolute atomic E-state index is 0.0729. The normalized spacial score (nSPS) is 14.5. The molecule has 8 heteroatoms. The molecule has 2 aromatic rings. The Bertz CT molecular complexity index is 823. The summed E-state index contributed by atoms with van der Waals surface area (Å²) in [6.45, 7) is 1.84. The van der Waals surface area contributed by atoms with Crippen molar-refractivity contribution in [3.05, 3.63) is 68.4 Å². The molecule has 2 aromatic carbocycles. The Morgan fingerprint density at radius 3 is 2.40 bits per heavy atom. The molecule has 1 amide bonds. The van der Waals surface area contributed by atoms with E-state index in [1.807, 2.05) is 12.1 Å². The molecule has 1 aliphatic rings. The number of nitro benzene ring substituents is 1. The van der Waals surface area contributed by atoms with Crippen LogP contribution in [0.25, 0.3) is 0 Å². The predicted octanol–water partition coefficient (Wildman–Crippen LogP) is 3.46. The minimum Gasteiger partial charge on any atom is -0.366 e. The van der Waals surface area contributed by atoms with Crippen LogP contribution in [0.5, 0.6) is 0 Å². The Morgan fingerprint density at radius 2 is 1.80 bits per heavy atom. The average Bonchev–Trinajstić information content (AvgIpc) is 2.61. The summed E-state index contributed by atoms with van der Waals surface area (Å²) in [6.07, 6.45) is 0. The topological polar surface area (TPSA) is 66.7 Å². The minimum atomic E-state index is -0.625. The Morgan fingerprint density at radius 1 is 1.12 bits per heavy atom. The fourth-order valence-corrected chi connectivity index (χ4v) is 3.28. The number of benzene rings is 2. The van der Waals surface area contributed by atoms with Gasteiger partial charge in [-0.25, -0.2) is 4.39 Å². The van der Waals surface area contributed by atoms with Crippen molar-refractivity contribution < 1.29 is 14.1 Å². The van der Waals surface area contributed by atoms with Crippen LogP contribution in [0.15, 0.2) is 46.9 Å². The van der Waals surface area contributed by atoms with Crippen LogP contribution in [-0.4, -0.2) is 41.9 Å². The third-order valence-corrected chi connectivity index (χ3v) is 4.85. The van der Waals surface area contributed by atoms with Crippen LogP contribution < -0.4 is 4.90 Å². The van der Waals surface area contributed by atoms with Crippen molar-refractivity contribution in [1.29, 1.82) is 0 Å². The van der Waals surface area contributed by atoms with Gasteiger partial charge in [0.05, 0.1) is 22.2 Å². The zero-order valence-corrected chi connectivity index (χ0v) is 14.8. The molecule has 25 heavy (non-hydrogen) atoms. The van der Waals surface area contributed by atoms with Crippen LogP contribution in [0, 0.1) is 15.9 Å². The van der Waals surface area contributed by atoms with Crippen molar-refractivity contribution >= 4 is 33.2 Å². The molecule has 0 bridgehead atoms. The first kappa shape index (κ1) is 17.3. The average molecular weight is 408 g/mol. The van der Waals surface area contributed by atoms with Gasteiger partial charge < -0.3 is 9.80 Å². The molecule has 0 spiro atoms. The van der Waals surface area contributed by atoms with Crippen molar-refractivity contribution in [3.63, 3.8) is 0 Å². The Kier molecular flexibility index (Phi) is 4.98. The summed E-state index contributed by atoms with van der Waals surface area (Å²) < 4.78 is 14.9. The number of non-ortho nitro benzene ring substituents is 1. The summed E-state index contributed by atoms with van der Waals surface area (Å²) in [5.41, 5.74) is 0.639. The van der Waals surface area contributed by atoms with E-state index in [0.29, 0.717) is 37.4 Å². The Hall–Kier alpha value is -2.48. The molecule has 0 radical (unpaired) electrons. The van der Waals surface area contributed by atoms with Crippen LogP contribution >= 0.6 is 15.9 Å². The van der Waals surface area contributed by atoms with Gasteiger partial charge in [0.25, 0.3) is 11.6 Å². The molecule has 0 aromatic heterocycles. The lowest BCUT2D eigenvalue weighted by molar-refractivity contribution is -0.385. The van der Waals surface area contributed by atoms with Gasteiger partial charge in [0.15, 0.2) is 5.82 Å². The van der Waals surface area contributed by atoms with E-state index in [0.717, 1.165) is 10.5 Å². The standard InChI is InChI=1S/C17H15BrFN3O3/c18-14-4-2-1-3-13(14)17(23)21-9-7-20(8-10-21)16-6-5-12(22(24)25)11-15(16)19/h1-6,11H,7-10H2. The second-order valence-corrected chi connectivity index (χ2v) is 6.51. The first-order chi connectivity index (χ1) is 12.0. The molecule has 0 N–H and O–H groups in total. The molecule has 3 rings (SSSR count). The maximum atomic E-state index is 14.1. The van der Waals surface area contributed by atoms with Crippen molar-refractivity contribution in [2.45, 2.75) is 0 Å². The van der Waals surface area contributed by atoms with Crippen LogP contribution in [0.2, 0.25) is 0 Å². The summed E-state index contributed by atoms with van der Waals surface area (Å²) in [6, 6.07) is 10.9. The first-order valence-electron chi connectivity index (χ1n) is 7.70. The number of rotatable bonds is 3. The second-order valence-electron chi connectivity index (χ2n) is 5.65. The predicted molar refractivity (Wildman–Crippen MR) is 95.3 cm³/mol. The van der Waals surface area contributed by atoms with Gasteiger partial charge in [-0.15, -0.1) is 0 Å². The van der Waals surface area contributed by atoms with Crippen molar-refractivity contribution in [2.24, 2.45) is 0 Å². The molecule has 6 nitrogen and oxygen atoms in total. The third-order valence-electron chi connectivity index (χ3n) is 4.15. The van der Waals surface area contributed by atoms with E-state index >= 15 is 0 Å². The molecule has 1 heterocycles. The number of hydrogen-bond donors (Lipinski definition) is 0. The summed E-state index contributed by atoms with van der Waals surface area (Å²) in [5, 5.41) is 10.7. The molecular formula is C17H15BrFN3O3. The van der Waals surface area contributed by atoms with E-state index in [2.05, 4.69) is 15.9 Å². The number of carbonyl (C=O) groups is 1. The number of halogens is 2. The lowest BCUT2D eigenvalue weighted by Gasteiger charge is -2.36. The molecule has 0 saturated carbocycles. The van der Waals surface area contributed by atoms with Gasteiger partial charge in [-0.1, -0.05) is 12.1 Å². The number of hydrogen-bond acceptors (Lipinski definition) is 4. The molecule has 0 aliphatic carbocycles. The van der Waals surface area contributed by atoms with Crippen LogP contribution in [0.4, 0.5) is 15.8 Å². The van der Waals surface area contributed by atoms with Gasteiger partial charge >= 0.3 is 0 Å². The SMILES string of the molecule is O=C(c1ccccc1Br)N1CCN(c2ccc([N+](=O)[O-])cc2F)CC1. The third kappa shape index (κ3) is 3.63. The highest BCUT2D eigenvalue weighted by atomic mass is 79.9. The molecule has 0 unspecified atom stereocenters.